The second kappa shape index (κ2) is 5.03. The van der Waals surface area contributed by atoms with Crippen LogP contribution in [0.4, 0.5) is 0 Å². The van der Waals surface area contributed by atoms with Crippen molar-refractivity contribution in [3.05, 3.63) is 24.0 Å². The third-order valence-corrected chi connectivity index (χ3v) is 2.95. The zero-order valence-electron chi connectivity index (χ0n) is 10.9. The Kier molecular flexibility index (Phi) is 3.90. The quantitative estimate of drug-likeness (QED) is 0.801. The molecule has 0 aromatic carbocycles. The molecule has 1 aromatic heterocycles. The predicted molar refractivity (Wildman–Crippen MR) is 66.7 cm³/mol. The first-order valence-corrected chi connectivity index (χ1v) is 5.44. The molecule has 18 heavy (non-hydrogen) atoms. The molecule has 1 aromatic rings. The fraction of sp³-hybridized carbons (Fsp3) is 0.417. The molecule has 0 saturated heterocycles. The zero-order chi connectivity index (χ0) is 13.9. The topological polar surface area (TPSA) is 75.4 Å². The van der Waals surface area contributed by atoms with Crippen molar-refractivity contribution in [1.29, 1.82) is 0 Å². The number of carboxylic acids is 1. The molecule has 0 radical (unpaired) electrons. The number of amides is 1. The van der Waals surface area contributed by atoms with E-state index >= 15 is 0 Å². The van der Waals surface area contributed by atoms with Gasteiger partial charge in [0.2, 0.25) is 5.91 Å². The van der Waals surface area contributed by atoms with Crippen molar-refractivity contribution in [2.24, 2.45) is 7.05 Å². The summed E-state index contributed by atoms with van der Waals surface area (Å²) in [4.78, 5) is 24.1. The Morgan fingerprint density at radius 1 is 1.50 bits per heavy atom. The number of carbonyl (C=O) groups is 2. The molecule has 98 valence electrons. The van der Waals surface area contributed by atoms with Gasteiger partial charge in [0.05, 0.1) is 5.69 Å². The Morgan fingerprint density at radius 3 is 2.56 bits per heavy atom. The number of hydrogen-bond donors (Lipinski definition) is 1. The van der Waals surface area contributed by atoms with Gasteiger partial charge in [-0.2, -0.15) is 5.10 Å². The van der Waals surface area contributed by atoms with E-state index in [1.165, 1.54) is 31.9 Å². The minimum absolute atomic E-state index is 0.372. The van der Waals surface area contributed by atoms with Crippen LogP contribution >= 0.6 is 0 Å². The standard InChI is InChI=1S/C12H17N3O3/c1-12(2,11(17)18)14(3)10(16)6-5-9-7-8-13-15(9)4/h5-8H,1-4H3,(H,17,18). The van der Waals surface area contributed by atoms with Crippen LogP contribution in [0.15, 0.2) is 18.3 Å². The van der Waals surface area contributed by atoms with Crippen molar-refractivity contribution in [3.63, 3.8) is 0 Å². The molecule has 0 unspecified atom stereocenters. The summed E-state index contributed by atoms with van der Waals surface area (Å²) < 4.78 is 1.62. The highest BCUT2D eigenvalue weighted by Crippen LogP contribution is 2.13. The van der Waals surface area contributed by atoms with E-state index in [-0.39, 0.29) is 5.91 Å². The van der Waals surface area contributed by atoms with E-state index in [1.54, 1.807) is 30.1 Å². The maximum atomic E-state index is 11.8. The van der Waals surface area contributed by atoms with Gasteiger partial charge in [0, 0.05) is 26.4 Å². The zero-order valence-corrected chi connectivity index (χ0v) is 10.9. The van der Waals surface area contributed by atoms with Gasteiger partial charge < -0.3 is 10.0 Å². The molecular weight excluding hydrogens is 234 g/mol. The Balaban J connectivity index is 2.81. The lowest BCUT2D eigenvalue weighted by atomic mass is 10.0. The molecule has 1 rings (SSSR count). The van der Waals surface area contributed by atoms with Crippen LogP contribution in [0.25, 0.3) is 6.08 Å². The van der Waals surface area contributed by atoms with Crippen molar-refractivity contribution in [2.45, 2.75) is 19.4 Å². The SMILES string of the molecule is CN(C(=O)C=Cc1ccnn1C)C(C)(C)C(=O)O. The lowest BCUT2D eigenvalue weighted by molar-refractivity contribution is -0.153. The second-order valence-corrected chi connectivity index (χ2v) is 4.47. The van der Waals surface area contributed by atoms with Crippen molar-refractivity contribution in [3.8, 4) is 0 Å². The third kappa shape index (κ3) is 2.77. The number of hydrogen-bond acceptors (Lipinski definition) is 3. The van der Waals surface area contributed by atoms with E-state index in [9.17, 15) is 9.59 Å². The Bertz CT molecular complexity index is 489. The highest BCUT2D eigenvalue weighted by molar-refractivity contribution is 5.95. The Hall–Kier alpha value is -2.11. The van der Waals surface area contributed by atoms with Gasteiger partial charge in [-0.3, -0.25) is 9.48 Å². The second-order valence-electron chi connectivity index (χ2n) is 4.47. The lowest BCUT2D eigenvalue weighted by Gasteiger charge is -2.30. The van der Waals surface area contributed by atoms with Gasteiger partial charge >= 0.3 is 5.97 Å². The summed E-state index contributed by atoms with van der Waals surface area (Å²) in [5.41, 5.74) is -0.474. The highest BCUT2D eigenvalue weighted by Gasteiger charge is 2.34. The summed E-state index contributed by atoms with van der Waals surface area (Å²) in [7, 11) is 3.22. The number of nitrogens with zero attached hydrogens (tertiary/aromatic N) is 3. The molecule has 6 nitrogen and oxygen atoms in total. The van der Waals surface area contributed by atoms with Crippen molar-refractivity contribution in [2.75, 3.05) is 7.05 Å². The first kappa shape index (κ1) is 14.0. The molecule has 0 saturated carbocycles. The first-order chi connectivity index (χ1) is 8.26. The van der Waals surface area contributed by atoms with E-state index < -0.39 is 11.5 Å². The number of aliphatic carboxylic acids is 1. The summed E-state index contributed by atoms with van der Waals surface area (Å²) in [6.45, 7) is 2.95. The monoisotopic (exact) mass is 251 g/mol. The largest absolute Gasteiger partial charge is 0.480 e. The van der Waals surface area contributed by atoms with E-state index in [0.717, 1.165) is 5.69 Å². The number of carboxylic acid groups (broad SMARTS) is 1. The summed E-state index contributed by atoms with van der Waals surface area (Å²) in [6, 6.07) is 1.76. The minimum Gasteiger partial charge on any atom is -0.480 e. The van der Waals surface area contributed by atoms with Crippen molar-refractivity contribution in [1.82, 2.24) is 14.7 Å². The van der Waals surface area contributed by atoms with Gasteiger partial charge in [0.25, 0.3) is 0 Å². The predicted octanol–water partition coefficient (Wildman–Crippen LogP) is 0.755. The van der Waals surface area contributed by atoms with E-state index in [1.807, 2.05) is 0 Å². The van der Waals surface area contributed by atoms with Gasteiger partial charge in [-0.25, -0.2) is 4.79 Å². The summed E-state index contributed by atoms with van der Waals surface area (Å²) in [6.07, 6.45) is 4.56. The smallest absolute Gasteiger partial charge is 0.329 e. The molecule has 1 heterocycles. The van der Waals surface area contributed by atoms with Crippen LogP contribution in [-0.4, -0.2) is 44.3 Å². The van der Waals surface area contributed by atoms with E-state index in [0.29, 0.717) is 0 Å². The molecule has 0 aliphatic heterocycles. The number of rotatable bonds is 4. The van der Waals surface area contributed by atoms with Gasteiger partial charge in [-0.05, 0) is 26.0 Å². The van der Waals surface area contributed by atoms with Crippen LogP contribution in [0.5, 0.6) is 0 Å². The highest BCUT2D eigenvalue weighted by atomic mass is 16.4. The minimum atomic E-state index is -1.24. The fourth-order valence-electron chi connectivity index (χ4n) is 1.24. The van der Waals surface area contributed by atoms with Crippen molar-refractivity contribution < 1.29 is 14.7 Å². The molecule has 6 heteroatoms. The number of likely N-dealkylation sites (N-methyl/N-ethyl adjacent to an activating group) is 1. The number of aryl methyl sites for hydroxylation is 1. The Morgan fingerprint density at radius 2 is 2.11 bits per heavy atom. The van der Waals surface area contributed by atoms with E-state index in [4.69, 9.17) is 5.11 Å². The van der Waals surface area contributed by atoms with Crippen LogP contribution in [0.3, 0.4) is 0 Å². The molecular formula is C12H17N3O3. The average Bonchev–Trinajstić information content (AvgIpc) is 2.70. The molecule has 1 N–H and O–H groups in total. The van der Waals surface area contributed by atoms with Crippen LogP contribution in [0.1, 0.15) is 19.5 Å². The molecule has 0 aliphatic rings. The normalized spacial score (nSPS) is 11.8. The first-order valence-electron chi connectivity index (χ1n) is 5.44. The van der Waals surface area contributed by atoms with Crippen molar-refractivity contribution >= 4 is 18.0 Å². The summed E-state index contributed by atoms with van der Waals surface area (Å²) >= 11 is 0. The molecule has 0 atom stereocenters. The molecule has 0 bridgehead atoms. The van der Waals surface area contributed by atoms with Crippen LogP contribution < -0.4 is 0 Å². The van der Waals surface area contributed by atoms with Crippen LogP contribution in [0.2, 0.25) is 0 Å². The van der Waals surface area contributed by atoms with Crippen LogP contribution in [0, 0.1) is 0 Å². The van der Waals surface area contributed by atoms with Gasteiger partial charge in [-0.1, -0.05) is 0 Å². The number of aromatic nitrogens is 2. The summed E-state index contributed by atoms with van der Waals surface area (Å²) in [5.74, 6) is -1.42. The van der Waals surface area contributed by atoms with Crippen LogP contribution in [-0.2, 0) is 16.6 Å². The molecule has 0 aliphatic carbocycles. The van der Waals surface area contributed by atoms with Gasteiger partial charge in [0.15, 0.2) is 0 Å². The third-order valence-electron chi connectivity index (χ3n) is 2.95. The maximum Gasteiger partial charge on any atom is 0.329 e. The lowest BCUT2D eigenvalue weighted by Crippen LogP contribution is -2.50. The molecule has 0 fully saturated rings. The van der Waals surface area contributed by atoms with E-state index in [2.05, 4.69) is 5.10 Å². The molecule has 1 amide bonds. The molecule has 0 spiro atoms. The summed E-state index contributed by atoms with van der Waals surface area (Å²) in [5, 5.41) is 13.0. The Labute approximate surface area is 106 Å². The number of carbonyl (C=O) groups excluding carboxylic acids is 1. The van der Waals surface area contributed by atoms with Gasteiger partial charge in [0.1, 0.15) is 5.54 Å². The van der Waals surface area contributed by atoms with Gasteiger partial charge in [-0.15, -0.1) is 0 Å². The maximum absolute atomic E-state index is 11.8. The fourth-order valence-corrected chi connectivity index (χ4v) is 1.24. The average molecular weight is 251 g/mol.